The minimum atomic E-state index is 0.480. The topological polar surface area (TPSA) is 27.6 Å². The lowest BCUT2D eigenvalue weighted by molar-refractivity contribution is 0.0753. The summed E-state index contributed by atoms with van der Waals surface area (Å²) in [5.74, 6) is 1.12. The molecule has 4 heteroatoms. The van der Waals surface area contributed by atoms with Crippen molar-refractivity contribution in [1.82, 2.24) is 10.4 Å². The van der Waals surface area contributed by atoms with Gasteiger partial charge in [0.15, 0.2) is 5.17 Å². The first kappa shape index (κ1) is 11.3. The highest BCUT2D eigenvalue weighted by molar-refractivity contribution is 8.14. The van der Waals surface area contributed by atoms with Crippen LogP contribution in [0.15, 0.2) is 4.99 Å². The molecule has 86 valence electrons. The van der Waals surface area contributed by atoms with Crippen LogP contribution in [0.3, 0.4) is 0 Å². The summed E-state index contributed by atoms with van der Waals surface area (Å²) in [7, 11) is 0. The number of rotatable bonds is 1. The summed E-state index contributed by atoms with van der Waals surface area (Å²) in [5.41, 5.74) is 3.49. The number of aliphatic imine (C=N–C) groups is 1. The number of amidine groups is 1. The lowest BCUT2D eigenvalue weighted by Crippen LogP contribution is -2.53. The Bertz CT molecular complexity index is 244. The molecule has 2 rings (SSSR count). The second kappa shape index (κ2) is 4.74. The van der Waals surface area contributed by atoms with Crippen LogP contribution in [-0.4, -0.2) is 34.1 Å². The number of nitrogens with one attached hydrogen (secondary N) is 1. The van der Waals surface area contributed by atoms with E-state index in [1.807, 2.05) is 11.8 Å². The molecular formula is C11H21N3S. The predicted molar refractivity (Wildman–Crippen MR) is 67.1 cm³/mol. The summed E-state index contributed by atoms with van der Waals surface area (Å²) in [4.78, 5) is 4.58. The van der Waals surface area contributed by atoms with Crippen molar-refractivity contribution in [1.29, 1.82) is 0 Å². The molecule has 0 spiro atoms. The molecule has 0 aromatic rings. The molecule has 1 N–H and O–H groups in total. The molecule has 0 saturated carbocycles. The summed E-state index contributed by atoms with van der Waals surface area (Å²) in [6, 6.07) is 1.74. The van der Waals surface area contributed by atoms with Crippen LogP contribution < -0.4 is 5.43 Å². The fraction of sp³-hybridized carbons (Fsp3) is 0.909. The third kappa shape index (κ3) is 2.67. The molecule has 0 amide bonds. The van der Waals surface area contributed by atoms with Crippen LogP contribution in [0.2, 0.25) is 0 Å². The third-order valence-corrected chi connectivity index (χ3v) is 4.34. The number of hydrogen-bond acceptors (Lipinski definition) is 4. The zero-order chi connectivity index (χ0) is 10.8. The van der Waals surface area contributed by atoms with Crippen LogP contribution in [0.25, 0.3) is 0 Å². The van der Waals surface area contributed by atoms with E-state index in [-0.39, 0.29) is 0 Å². The minimum absolute atomic E-state index is 0.480. The van der Waals surface area contributed by atoms with Crippen molar-refractivity contribution < 1.29 is 0 Å². The summed E-state index contributed by atoms with van der Waals surface area (Å²) < 4.78 is 0. The second-order valence-electron chi connectivity index (χ2n) is 4.74. The fourth-order valence-electron chi connectivity index (χ4n) is 2.29. The Labute approximate surface area is 96.7 Å². The van der Waals surface area contributed by atoms with Gasteiger partial charge in [-0.05, 0) is 33.6 Å². The first-order valence-electron chi connectivity index (χ1n) is 5.92. The smallest absolute Gasteiger partial charge is 0.171 e. The van der Waals surface area contributed by atoms with E-state index in [1.165, 1.54) is 19.3 Å². The van der Waals surface area contributed by atoms with Gasteiger partial charge in [-0.2, -0.15) is 0 Å². The van der Waals surface area contributed by atoms with Crippen molar-refractivity contribution in [2.24, 2.45) is 4.99 Å². The minimum Gasteiger partial charge on any atom is -0.297 e. The monoisotopic (exact) mass is 227 g/mol. The van der Waals surface area contributed by atoms with Gasteiger partial charge in [0.2, 0.25) is 0 Å². The lowest BCUT2D eigenvalue weighted by atomic mass is 10.00. The molecular weight excluding hydrogens is 206 g/mol. The van der Waals surface area contributed by atoms with Crippen LogP contribution >= 0.6 is 11.8 Å². The van der Waals surface area contributed by atoms with Gasteiger partial charge in [0.25, 0.3) is 0 Å². The Hall–Kier alpha value is -0.220. The van der Waals surface area contributed by atoms with Crippen molar-refractivity contribution in [3.8, 4) is 0 Å². The van der Waals surface area contributed by atoms with Gasteiger partial charge >= 0.3 is 0 Å². The number of hydrogen-bond donors (Lipinski definition) is 1. The van der Waals surface area contributed by atoms with Gasteiger partial charge < -0.3 is 0 Å². The molecule has 0 aromatic carbocycles. The molecule has 0 aliphatic carbocycles. The largest absolute Gasteiger partial charge is 0.297 e. The predicted octanol–water partition coefficient (Wildman–Crippen LogP) is 2.25. The van der Waals surface area contributed by atoms with Gasteiger partial charge in [-0.1, -0.05) is 18.2 Å². The highest BCUT2D eigenvalue weighted by Gasteiger charge is 2.26. The second-order valence-corrected chi connectivity index (χ2v) is 5.75. The van der Waals surface area contributed by atoms with Crippen LogP contribution in [-0.2, 0) is 0 Å². The van der Waals surface area contributed by atoms with E-state index in [0.717, 1.165) is 10.9 Å². The molecule has 2 aliphatic heterocycles. The number of nitrogens with zero attached hydrogens (tertiary/aromatic N) is 2. The van der Waals surface area contributed by atoms with E-state index in [9.17, 15) is 0 Å². The van der Waals surface area contributed by atoms with Crippen molar-refractivity contribution in [2.75, 3.05) is 5.75 Å². The van der Waals surface area contributed by atoms with Crippen molar-refractivity contribution >= 4 is 16.9 Å². The molecule has 0 radical (unpaired) electrons. The Morgan fingerprint density at radius 1 is 1.27 bits per heavy atom. The first-order valence-corrected chi connectivity index (χ1v) is 6.91. The molecule has 3 unspecified atom stereocenters. The quantitative estimate of drug-likeness (QED) is 0.744. The molecule has 3 atom stereocenters. The Balaban J connectivity index is 1.94. The van der Waals surface area contributed by atoms with E-state index >= 15 is 0 Å². The Morgan fingerprint density at radius 3 is 2.47 bits per heavy atom. The molecule has 0 aromatic heterocycles. The SMILES string of the molecule is CC1CSC(NN2C(C)CCCC2C)=N1. The Kier molecular flexibility index (Phi) is 3.57. The maximum Gasteiger partial charge on any atom is 0.171 e. The van der Waals surface area contributed by atoms with Crippen LogP contribution in [0, 0.1) is 0 Å². The highest BCUT2D eigenvalue weighted by Crippen LogP contribution is 2.22. The zero-order valence-corrected chi connectivity index (χ0v) is 10.7. The van der Waals surface area contributed by atoms with E-state index in [1.54, 1.807) is 0 Å². The number of hydrazine groups is 1. The number of piperidine rings is 1. The molecule has 1 saturated heterocycles. The normalized spacial score (nSPS) is 37.8. The van der Waals surface area contributed by atoms with E-state index in [2.05, 4.69) is 36.2 Å². The van der Waals surface area contributed by atoms with Gasteiger partial charge in [-0.15, -0.1) is 0 Å². The summed E-state index contributed by atoms with van der Waals surface area (Å²) in [5, 5.41) is 3.50. The fourth-order valence-corrected chi connectivity index (χ4v) is 3.19. The van der Waals surface area contributed by atoms with Crippen LogP contribution in [0.5, 0.6) is 0 Å². The maximum absolute atomic E-state index is 4.58. The lowest BCUT2D eigenvalue weighted by Gasteiger charge is -2.39. The van der Waals surface area contributed by atoms with Gasteiger partial charge in [0.1, 0.15) is 0 Å². The first-order chi connectivity index (χ1) is 7.16. The summed E-state index contributed by atoms with van der Waals surface area (Å²) >= 11 is 1.85. The standard InChI is InChI=1S/C11H21N3S/c1-8-7-15-11(12-8)13-14-9(2)5-4-6-10(14)3/h8-10H,4-7H2,1-3H3,(H,12,13). The highest BCUT2D eigenvalue weighted by atomic mass is 32.2. The zero-order valence-electron chi connectivity index (χ0n) is 9.86. The third-order valence-electron chi connectivity index (χ3n) is 3.22. The van der Waals surface area contributed by atoms with Crippen LogP contribution in [0.4, 0.5) is 0 Å². The van der Waals surface area contributed by atoms with E-state index < -0.39 is 0 Å². The molecule has 15 heavy (non-hydrogen) atoms. The maximum atomic E-state index is 4.58. The van der Waals surface area contributed by atoms with Crippen molar-refractivity contribution in [2.45, 2.75) is 58.2 Å². The molecule has 2 aliphatic rings. The Morgan fingerprint density at radius 2 is 1.93 bits per heavy atom. The average Bonchev–Trinajstić information content (AvgIpc) is 2.58. The van der Waals surface area contributed by atoms with Crippen molar-refractivity contribution in [3.63, 3.8) is 0 Å². The van der Waals surface area contributed by atoms with Gasteiger partial charge in [0.05, 0.1) is 6.04 Å². The van der Waals surface area contributed by atoms with Gasteiger partial charge in [-0.25, -0.2) is 5.01 Å². The molecule has 1 fully saturated rings. The molecule has 0 bridgehead atoms. The molecule has 3 nitrogen and oxygen atoms in total. The number of thioether (sulfide) groups is 1. The average molecular weight is 227 g/mol. The van der Waals surface area contributed by atoms with E-state index in [0.29, 0.717) is 18.1 Å². The van der Waals surface area contributed by atoms with Crippen LogP contribution in [0.1, 0.15) is 40.0 Å². The van der Waals surface area contributed by atoms with Crippen molar-refractivity contribution in [3.05, 3.63) is 0 Å². The van der Waals surface area contributed by atoms with Gasteiger partial charge in [-0.3, -0.25) is 10.4 Å². The summed E-state index contributed by atoms with van der Waals surface area (Å²) in [6.45, 7) is 6.77. The van der Waals surface area contributed by atoms with Gasteiger partial charge in [0, 0.05) is 17.8 Å². The van der Waals surface area contributed by atoms with E-state index in [4.69, 9.17) is 0 Å². The summed E-state index contributed by atoms with van der Waals surface area (Å²) in [6.07, 6.45) is 3.95. The molecule has 2 heterocycles.